The summed E-state index contributed by atoms with van der Waals surface area (Å²) in [4.78, 5) is 9.30. The fourth-order valence-electron chi connectivity index (χ4n) is 2.64. The number of hydrogen-bond donors (Lipinski definition) is 2. The molecule has 0 unspecified atom stereocenters. The summed E-state index contributed by atoms with van der Waals surface area (Å²) in [5, 5.41) is 14.7. The summed E-state index contributed by atoms with van der Waals surface area (Å²) in [6, 6.07) is 19.7. The monoisotopic (exact) mass is 381 g/mol. The molecule has 0 saturated heterocycles. The zero-order chi connectivity index (χ0) is 18.1. The minimum absolute atomic E-state index is 0.205. The third-order valence-corrected chi connectivity index (χ3v) is 4.45. The minimum Gasteiger partial charge on any atom is -0.508 e. The van der Waals surface area contributed by atoms with Gasteiger partial charge in [0.2, 0.25) is 0 Å². The first-order chi connectivity index (χ1) is 12.6. The van der Waals surface area contributed by atoms with Crippen LogP contribution < -0.4 is 5.32 Å². The molecule has 0 aliphatic rings. The number of para-hydroxylation sites is 1. The summed E-state index contributed by atoms with van der Waals surface area (Å²) in [5.74, 6) is 1.37. The summed E-state index contributed by atoms with van der Waals surface area (Å²) < 4.78 is 0. The highest BCUT2D eigenvalue weighted by molar-refractivity contribution is 6.36. The first-order valence-corrected chi connectivity index (χ1v) is 8.64. The van der Waals surface area contributed by atoms with E-state index in [9.17, 15) is 5.11 Å². The maximum absolute atomic E-state index is 9.46. The van der Waals surface area contributed by atoms with Crippen LogP contribution in [0.2, 0.25) is 10.0 Å². The molecule has 0 aliphatic heterocycles. The van der Waals surface area contributed by atoms with Crippen molar-refractivity contribution < 1.29 is 5.11 Å². The third-order valence-electron chi connectivity index (χ3n) is 3.91. The van der Waals surface area contributed by atoms with Gasteiger partial charge in [-0.3, -0.25) is 0 Å². The molecule has 1 aromatic heterocycles. The van der Waals surface area contributed by atoms with Gasteiger partial charge in [0, 0.05) is 21.7 Å². The van der Waals surface area contributed by atoms with Gasteiger partial charge < -0.3 is 10.4 Å². The van der Waals surface area contributed by atoms with Gasteiger partial charge in [-0.1, -0.05) is 35.3 Å². The van der Waals surface area contributed by atoms with E-state index in [2.05, 4.69) is 15.3 Å². The number of benzene rings is 3. The highest BCUT2D eigenvalue weighted by Crippen LogP contribution is 2.32. The molecule has 3 aromatic carbocycles. The normalized spacial score (nSPS) is 10.8. The van der Waals surface area contributed by atoms with E-state index in [0.29, 0.717) is 27.3 Å². The number of nitrogens with zero attached hydrogens (tertiary/aromatic N) is 2. The number of fused-ring (bicyclic) bond motifs is 1. The summed E-state index contributed by atoms with van der Waals surface area (Å²) in [5.41, 5.74) is 2.31. The fourth-order valence-corrected chi connectivity index (χ4v) is 3.14. The molecule has 6 heteroatoms. The van der Waals surface area contributed by atoms with Crippen LogP contribution >= 0.6 is 23.2 Å². The van der Waals surface area contributed by atoms with Crippen molar-refractivity contribution in [2.75, 3.05) is 5.32 Å². The molecule has 1 heterocycles. The van der Waals surface area contributed by atoms with Crippen molar-refractivity contribution in [2.45, 2.75) is 0 Å². The predicted molar refractivity (Wildman–Crippen MR) is 106 cm³/mol. The number of aromatic hydroxyl groups is 1. The highest BCUT2D eigenvalue weighted by atomic mass is 35.5. The van der Waals surface area contributed by atoms with Gasteiger partial charge in [-0.25, -0.2) is 9.97 Å². The number of phenolic OH excluding ortho intramolecular Hbond substituents is 1. The van der Waals surface area contributed by atoms with Crippen LogP contribution in [0.5, 0.6) is 5.75 Å². The molecule has 4 aromatic rings. The van der Waals surface area contributed by atoms with Crippen LogP contribution in [-0.2, 0) is 0 Å². The quantitative estimate of drug-likeness (QED) is 0.424. The number of aromatic nitrogens is 2. The van der Waals surface area contributed by atoms with Gasteiger partial charge in [-0.2, -0.15) is 0 Å². The topological polar surface area (TPSA) is 58.0 Å². The molecule has 0 spiro atoms. The fraction of sp³-hybridized carbons (Fsp3) is 0. The first-order valence-electron chi connectivity index (χ1n) is 7.88. The Balaban J connectivity index is 1.86. The van der Waals surface area contributed by atoms with E-state index >= 15 is 0 Å². The molecule has 0 bridgehead atoms. The van der Waals surface area contributed by atoms with Gasteiger partial charge >= 0.3 is 0 Å². The van der Waals surface area contributed by atoms with Crippen molar-refractivity contribution in [1.82, 2.24) is 9.97 Å². The van der Waals surface area contributed by atoms with E-state index in [4.69, 9.17) is 23.2 Å². The molecule has 128 valence electrons. The standard InChI is InChI=1S/C20H13Cl2N3O/c21-12-5-10-15(17(22)11-12)19-24-18-4-2-1-3-16(18)20(25-19)23-13-6-8-14(26)9-7-13/h1-11,26H,(H,23,24,25). The Morgan fingerprint density at radius 2 is 1.62 bits per heavy atom. The second-order valence-corrected chi connectivity index (χ2v) is 6.55. The Bertz CT molecular complexity index is 1100. The van der Waals surface area contributed by atoms with Gasteiger partial charge in [0.15, 0.2) is 5.82 Å². The van der Waals surface area contributed by atoms with Crippen LogP contribution in [0.4, 0.5) is 11.5 Å². The molecular weight excluding hydrogens is 369 g/mol. The van der Waals surface area contributed by atoms with Crippen molar-refractivity contribution in [3.8, 4) is 17.1 Å². The smallest absolute Gasteiger partial charge is 0.163 e. The van der Waals surface area contributed by atoms with E-state index in [-0.39, 0.29) is 5.75 Å². The minimum atomic E-state index is 0.205. The molecule has 4 rings (SSSR count). The Kier molecular flexibility index (Phi) is 4.37. The van der Waals surface area contributed by atoms with Crippen molar-refractivity contribution in [3.63, 3.8) is 0 Å². The van der Waals surface area contributed by atoms with Crippen LogP contribution in [0.15, 0.2) is 66.7 Å². The largest absolute Gasteiger partial charge is 0.508 e. The molecule has 0 amide bonds. The average Bonchev–Trinajstić information content (AvgIpc) is 2.63. The van der Waals surface area contributed by atoms with Crippen molar-refractivity contribution in [2.24, 2.45) is 0 Å². The Morgan fingerprint density at radius 1 is 0.846 bits per heavy atom. The van der Waals surface area contributed by atoms with Crippen LogP contribution in [0.25, 0.3) is 22.3 Å². The van der Waals surface area contributed by atoms with E-state index in [1.165, 1.54) is 0 Å². The number of anilines is 2. The van der Waals surface area contributed by atoms with Crippen LogP contribution in [0, 0.1) is 0 Å². The van der Waals surface area contributed by atoms with Gasteiger partial charge in [-0.05, 0) is 54.6 Å². The summed E-state index contributed by atoms with van der Waals surface area (Å²) >= 11 is 12.3. The average molecular weight is 382 g/mol. The van der Waals surface area contributed by atoms with E-state index in [0.717, 1.165) is 16.6 Å². The van der Waals surface area contributed by atoms with Gasteiger partial charge in [0.25, 0.3) is 0 Å². The van der Waals surface area contributed by atoms with E-state index in [1.807, 2.05) is 24.3 Å². The lowest BCUT2D eigenvalue weighted by atomic mass is 10.1. The molecule has 26 heavy (non-hydrogen) atoms. The van der Waals surface area contributed by atoms with Crippen molar-refractivity contribution in [1.29, 1.82) is 0 Å². The number of halogens is 2. The van der Waals surface area contributed by atoms with Gasteiger partial charge in [0.1, 0.15) is 11.6 Å². The molecule has 0 aliphatic carbocycles. The zero-order valence-electron chi connectivity index (χ0n) is 13.4. The molecule has 0 radical (unpaired) electrons. The first kappa shape index (κ1) is 16.6. The zero-order valence-corrected chi connectivity index (χ0v) is 15.0. The number of hydrogen-bond acceptors (Lipinski definition) is 4. The number of phenols is 1. The molecule has 2 N–H and O–H groups in total. The molecule has 4 nitrogen and oxygen atoms in total. The number of nitrogens with one attached hydrogen (secondary N) is 1. The lowest BCUT2D eigenvalue weighted by Crippen LogP contribution is -1.99. The lowest BCUT2D eigenvalue weighted by Gasteiger charge is -2.12. The second-order valence-electron chi connectivity index (χ2n) is 5.71. The third kappa shape index (κ3) is 3.29. The summed E-state index contributed by atoms with van der Waals surface area (Å²) in [6.07, 6.45) is 0. The molecule has 0 fully saturated rings. The second kappa shape index (κ2) is 6.83. The maximum atomic E-state index is 9.46. The molecule has 0 atom stereocenters. The van der Waals surface area contributed by atoms with Crippen LogP contribution in [0.1, 0.15) is 0 Å². The summed E-state index contributed by atoms with van der Waals surface area (Å²) in [6.45, 7) is 0. The molecule has 0 saturated carbocycles. The van der Waals surface area contributed by atoms with Gasteiger partial charge in [0.05, 0.1) is 10.5 Å². The van der Waals surface area contributed by atoms with Crippen LogP contribution in [-0.4, -0.2) is 15.1 Å². The maximum Gasteiger partial charge on any atom is 0.163 e. The SMILES string of the molecule is Oc1ccc(Nc2nc(-c3ccc(Cl)cc3Cl)nc3ccccc23)cc1. The van der Waals surface area contributed by atoms with Crippen molar-refractivity contribution >= 4 is 45.6 Å². The molecular formula is C20H13Cl2N3O. The number of rotatable bonds is 3. The lowest BCUT2D eigenvalue weighted by molar-refractivity contribution is 0.475. The van der Waals surface area contributed by atoms with Gasteiger partial charge in [-0.15, -0.1) is 0 Å². The summed E-state index contributed by atoms with van der Waals surface area (Å²) in [7, 11) is 0. The highest BCUT2D eigenvalue weighted by Gasteiger charge is 2.12. The van der Waals surface area contributed by atoms with E-state index < -0.39 is 0 Å². The van der Waals surface area contributed by atoms with Crippen molar-refractivity contribution in [3.05, 3.63) is 76.8 Å². The Labute approximate surface area is 160 Å². The predicted octanol–water partition coefficient (Wildman–Crippen LogP) is 6.05. The van der Waals surface area contributed by atoms with Crippen LogP contribution in [0.3, 0.4) is 0 Å². The van der Waals surface area contributed by atoms with E-state index in [1.54, 1.807) is 42.5 Å². The Morgan fingerprint density at radius 3 is 2.38 bits per heavy atom. The Hall–Kier alpha value is -2.82.